The van der Waals surface area contributed by atoms with E-state index >= 15 is 0 Å². The van der Waals surface area contributed by atoms with Crippen molar-refractivity contribution >= 4 is 10.8 Å². The van der Waals surface area contributed by atoms with E-state index < -0.39 is 0 Å². The molecular weight excluding hydrogens is 841 g/mol. The van der Waals surface area contributed by atoms with Gasteiger partial charge in [0.2, 0.25) is 0 Å². The third-order valence-corrected chi connectivity index (χ3v) is 13.6. The topological polar surface area (TPSA) is 0 Å². The second-order valence-electron chi connectivity index (χ2n) is 19.1. The predicted molar refractivity (Wildman–Crippen MR) is 324 cm³/mol. The standard InChI is InChI=1S/C11H20.2C11H14.C11H10.C7H14.C7H8.6C2H6/c4*1-9-6-7-10-4-2-3-5-11(10)8-9;2*1-7-5-3-2-4-6-7;6*1-2/h9-11H,2-8H2,1H3;6-8H,2-5H2,1H3;2-5,9H,6-8H2,1H3;2-8H,1H3;7H,2-6H2,1H3;2-6H,1H3;6*1-2H3. The Morgan fingerprint density at radius 3 is 1.36 bits per heavy atom. The van der Waals surface area contributed by atoms with E-state index in [1.807, 2.05) is 101 Å². The first-order chi connectivity index (χ1) is 34.2. The van der Waals surface area contributed by atoms with Gasteiger partial charge in [-0.3, -0.25) is 0 Å². The lowest BCUT2D eigenvalue weighted by Crippen LogP contribution is -2.26. The van der Waals surface area contributed by atoms with Crippen LogP contribution in [0.1, 0.15) is 239 Å². The summed E-state index contributed by atoms with van der Waals surface area (Å²) in [6.07, 6.45) is 27.5. The van der Waals surface area contributed by atoms with Crippen LogP contribution in [0.15, 0.2) is 115 Å². The van der Waals surface area contributed by atoms with Gasteiger partial charge in [-0.05, 0) is 141 Å². The molecule has 0 nitrogen and oxygen atoms in total. The quantitative estimate of drug-likeness (QED) is 0.145. The molecule has 5 aliphatic rings. The molecule has 0 radical (unpaired) electrons. The predicted octanol–water partition coefficient (Wildman–Crippen LogP) is 23.2. The van der Waals surface area contributed by atoms with E-state index in [0.29, 0.717) is 0 Å². The third-order valence-electron chi connectivity index (χ3n) is 13.6. The van der Waals surface area contributed by atoms with E-state index in [1.54, 1.807) is 47.9 Å². The highest BCUT2D eigenvalue weighted by atomic mass is 14.4. The molecule has 3 saturated carbocycles. The van der Waals surface area contributed by atoms with Crippen molar-refractivity contribution in [3.8, 4) is 0 Å². The third kappa shape index (κ3) is 30.3. The van der Waals surface area contributed by atoms with Crippen molar-refractivity contribution in [1.29, 1.82) is 0 Å². The average Bonchev–Trinajstić information content (AvgIpc) is 3.43. The molecule has 3 fully saturated rings. The molecule has 0 aliphatic heterocycles. The van der Waals surface area contributed by atoms with Crippen LogP contribution in [0.2, 0.25) is 0 Å². The summed E-state index contributed by atoms with van der Waals surface area (Å²) in [7, 11) is 0. The van der Waals surface area contributed by atoms with Crippen LogP contribution < -0.4 is 0 Å². The fraction of sp³-hybridized carbons (Fsp3) is 0.600. The Labute approximate surface area is 439 Å². The Kier molecular flexibility index (Phi) is 45.4. The molecule has 5 aromatic rings. The molecule has 396 valence electrons. The lowest BCUT2D eigenvalue weighted by molar-refractivity contribution is 0.137. The Bertz CT molecular complexity index is 1860. The van der Waals surface area contributed by atoms with E-state index in [2.05, 4.69) is 139 Å². The molecule has 0 spiro atoms. The second-order valence-corrected chi connectivity index (χ2v) is 19.1. The van der Waals surface area contributed by atoms with Gasteiger partial charge in [-0.2, -0.15) is 0 Å². The molecule has 0 N–H and O–H groups in total. The van der Waals surface area contributed by atoms with Crippen LogP contribution in [-0.2, 0) is 25.7 Å². The Morgan fingerprint density at radius 2 is 0.786 bits per heavy atom. The second kappa shape index (κ2) is 46.4. The lowest BCUT2D eigenvalue weighted by atomic mass is 9.68. The van der Waals surface area contributed by atoms with Crippen LogP contribution in [0.3, 0.4) is 0 Å². The number of aryl methyl sites for hydroxylation is 6. The molecule has 0 heterocycles. The van der Waals surface area contributed by atoms with Crippen molar-refractivity contribution < 1.29 is 0 Å². The van der Waals surface area contributed by atoms with Gasteiger partial charge in [-0.15, -0.1) is 0 Å². The van der Waals surface area contributed by atoms with Crippen LogP contribution in [0.25, 0.3) is 10.8 Å². The van der Waals surface area contributed by atoms with Crippen molar-refractivity contribution in [2.75, 3.05) is 0 Å². The highest BCUT2D eigenvalue weighted by Gasteiger charge is 2.30. The zero-order valence-electron chi connectivity index (χ0n) is 49.8. The summed E-state index contributed by atoms with van der Waals surface area (Å²) in [5.74, 6) is 5.24. The van der Waals surface area contributed by atoms with Gasteiger partial charge in [0.15, 0.2) is 0 Å². The molecule has 70 heavy (non-hydrogen) atoms. The summed E-state index contributed by atoms with van der Waals surface area (Å²) >= 11 is 0. The van der Waals surface area contributed by atoms with Crippen LogP contribution in [-0.4, -0.2) is 0 Å². The van der Waals surface area contributed by atoms with Crippen molar-refractivity contribution in [3.63, 3.8) is 0 Å². The lowest BCUT2D eigenvalue weighted by Gasteiger charge is -2.38. The molecule has 4 atom stereocenters. The minimum atomic E-state index is 0.893. The number of rotatable bonds is 0. The summed E-state index contributed by atoms with van der Waals surface area (Å²) in [6.45, 7) is 37.5. The first kappa shape index (κ1) is 68.4. The maximum absolute atomic E-state index is 2.44. The summed E-state index contributed by atoms with van der Waals surface area (Å²) in [4.78, 5) is 0. The average molecular weight is 958 g/mol. The molecule has 0 bridgehead atoms. The molecule has 0 amide bonds. The van der Waals surface area contributed by atoms with E-state index in [0.717, 1.165) is 29.6 Å². The summed E-state index contributed by atoms with van der Waals surface area (Å²) in [6, 6.07) is 40.9. The van der Waals surface area contributed by atoms with Crippen LogP contribution >= 0.6 is 0 Å². The molecule has 5 aromatic carbocycles. The number of benzene rings is 5. The van der Waals surface area contributed by atoms with Gasteiger partial charge < -0.3 is 0 Å². The molecule has 0 aromatic heterocycles. The van der Waals surface area contributed by atoms with Gasteiger partial charge in [-0.1, -0.05) is 300 Å². The fourth-order valence-electron chi connectivity index (χ4n) is 10.0. The molecule has 5 aliphatic carbocycles. The molecule has 0 saturated heterocycles. The zero-order valence-corrected chi connectivity index (χ0v) is 49.8. The summed E-state index contributed by atoms with van der Waals surface area (Å²) in [5, 5.41) is 2.64. The van der Waals surface area contributed by atoms with Gasteiger partial charge in [0.1, 0.15) is 0 Å². The first-order valence-electron chi connectivity index (χ1n) is 29.9. The van der Waals surface area contributed by atoms with Crippen LogP contribution in [0.5, 0.6) is 0 Å². The van der Waals surface area contributed by atoms with Crippen molar-refractivity contribution in [1.82, 2.24) is 0 Å². The van der Waals surface area contributed by atoms with Gasteiger partial charge in [0.25, 0.3) is 0 Å². The maximum atomic E-state index is 2.44. The van der Waals surface area contributed by atoms with E-state index in [9.17, 15) is 0 Å². The Balaban J connectivity index is 0. The molecule has 4 unspecified atom stereocenters. The van der Waals surface area contributed by atoms with Crippen LogP contribution in [0.4, 0.5) is 0 Å². The summed E-state index contributed by atoms with van der Waals surface area (Å²) in [5.41, 5.74) is 10.4. The van der Waals surface area contributed by atoms with Gasteiger partial charge in [0.05, 0.1) is 0 Å². The SMILES string of the molecule is CC.CC.CC.CC.CC.CC.CC1CCC2CCCCC2C1.CC1CCCCC1.CC1CCc2ccccc2C1.Cc1ccc2c(c1)CCCC2.Cc1ccc2ccccc2c1.Cc1ccccc1. The maximum Gasteiger partial charge on any atom is -0.0181 e. The minimum Gasteiger partial charge on any atom is -0.0683 e. The van der Waals surface area contributed by atoms with Gasteiger partial charge in [0, 0.05) is 0 Å². The fourth-order valence-corrected chi connectivity index (χ4v) is 10.0. The van der Waals surface area contributed by atoms with Crippen molar-refractivity contribution in [3.05, 3.63) is 154 Å². The molecular formula is C70H116. The van der Waals surface area contributed by atoms with E-state index in [-0.39, 0.29) is 0 Å². The zero-order chi connectivity index (χ0) is 53.0. The summed E-state index contributed by atoms with van der Waals surface area (Å²) < 4.78 is 0. The largest absolute Gasteiger partial charge is 0.0683 e. The van der Waals surface area contributed by atoms with Gasteiger partial charge >= 0.3 is 0 Å². The van der Waals surface area contributed by atoms with Crippen LogP contribution in [0, 0.1) is 50.4 Å². The molecule has 10 rings (SSSR count). The van der Waals surface area contributed by atoms with Crippen molar-refractivity contribution in [2.45, 2.75) is 247 Å². The number of hydrogen-bond acceptors (Lipinski definition) is 0. The van der Waals surface area contributed by atoms with Gasteiger partial charge in [-0.25, -0.2) is 0 Å². The first-order valence-corrected chi connectivity index (χ1v) is 29.9. The smallest absolute Gasteiger partial charge is 0.0181 e. The normalized spacial score (nSPS) is 18.7. The highest BCUT2D eigenvalue weighted by Crippen LogP contribution is 2.42. The minimum absolute atomic E-state index is 0.893. The Hall–Kier alpha value is -3.64. The van der Waals surface area contributed by atoms with E-state index in [4.69, 9.17) is 0 Å². The monoisotopic (exact) mass is 957 g/mol. The number of fused-ring (bicyclic) bond motifs is 4. The van der Waals surface area contributed by atoms with E-state index in [1.165, 1.54) is 124 Å². The Morgan fingerprint density at radius 1 is 0.300 bits per heavy atom. The highest BCUT2D eigenvalue weighted by molar-refractivity contribution is 5.82. The number of hydrogen-bond donors (Lipinski definition) is 0. The van der Waals surface area contributed by atoms with Crippen molar-refractivity contribution in [2.24, 2.45) is 29.6 Å². The molecule has 0 heteroatoms.